The lowest BCUT2D eigenvalue weighted by Gasteiger charge is -2.34. The van der Waals surface area contributed by atoms with Crippen molar-refractivity contribution < 1.29 is 4.79 Å². The van der Waals surface area contributed by atoms with Crippen molar-refractivity contribution in [3.05, 3.63) is 18.5 Å². The summed E-state index contributed by atoms with van der Waals surface area (Å²) in [6.07, 6.45) is 5.43. The van der Waals surface area contributed by atoms with E-state index < -0.39 is 5.54 Å². The van der Waals surface area contributed by atoms with Crippen LogP contribution >= 0.6 is 0 Å². The third-order valence-electron chi connectivity index (χ3n) is 3.18. The first kappa shape index (κ1) is 13.7. The summed E-state index contributed by atoms with van der Waals surface area (Å²) in [6.45, 7) is 5.07. The molecule has 1 fully saturated rings. The topological polar surface area (TPSA) is 84.1 Å². The van der Waals surface area contributed by atoms with E-state index in [1.54, 1.807) is 32.3 Å². The van der Waals surface area contributed by atoms with Gasteiger partial charge in [0.1, 0.15) is 0 Å². The van der Waals surface area contributed by atoms with Crippen molar-refractivity contribution in [2.75, 3.05) is 18.0 Å². The van der Waals surface area contributed by atoms with E-state index in [9.17, 15) is 4.79 Å². The molecule has 0 bridgehead atoms. The molecular formula is C13H21N5O. The van der Waals surface area contributed by atoms with Crippen molar-refractivity contribution in [3.8, 4) is 0 Å². The Morgan fingerprint density at radius 1 is 1.47 bits per heavy atom. The molecule has 3 N–H and O–H groups in total. The van der Waals surface area contributed by atoms with E-state index in [-0.39, 0.29) is 11.9 Å². The summed E-state index contributed by atoms with van der Waals surface area (Å²) < 4.78 is 0. The Labute approximate surface area is 113 Å². The molecule has 2 rings (SSSR count). The Morgan fingerprint density at radius 3 is 2.79 bits per heavy atom. The quantitative estimate of drug-likeness (QED) is 0.819. The minimum atomic E-state index is -0.842. The first-order valence-electron chi connectivity index (χ1n) is 6.58. The Kier molecular flexibility index (Phi) is 3.99. The number of carbonyl (C=O) groups excluding carboxylic acids is 1. The number of carbonyl (C=O) groups is 1. The van der Waals surface area contributed by atoms with Gasteiger partial charge in [-0.15, -0.1) is 0 Å². The van der Waals surface area contributed by atoms with Crippen LogP contribution in [0.25, 0.3) is 0 Å². The zero-order valence-corrected chi connectivity index (χ0v) is 11.5. The molecule has 0 aromatic carbocycles. The maximum absolute atomic E-state index is 11.9. The fourth-order valence-electron chi connectivity index (χ4n) is 2.10. The van der Waals surface area contributed by atoms with Gasteiger partial charge in [-0.05, 0) is 32.8 Å². The minimum absolute atomic E-state index is 0.105. The lowest BCUT2D eigenvalue weighted by atomic mass is 10.0. The average molecular weight is 263 g/mol. The number of amides is 1. The monoisotopic (exact) mass is 263 g/mol. The molecule has 1 aromatic rings. The van der Waals surface area contributed by atoms with Crippen LogP contribution in [0.4, 0.5) is 5.95 Å². The van der Waals surface area contributed by atoms with Crippen LogP contribution in [-0.4, -0.2) is 40.5 Å². The van der Waals surface area contributed by atoms with Crippen LogP contribution in [-0.2, 0) is 4.79 Å². The van der Waals surface area contributed by atoms with Crippen LogP contribution in [0, 0.1) is 0 Å². The number of aromatic nitrogens is 2. The van der Waals surface area contributed by atoms with Gasteiger partial charge < -0.3 is 16.0 Å². The molecule has 104 valence electrons. The van der Waals surface area contributed by atoms with E-state index in [1.165, 1.54) is 0 Å². The van der Waals surface area contributed by atoms with Gasteiger partial charge in [-0.3, -0.25) is 4.79 Å². The van der Waals surface area contributed by atoms with Crippen molar-refractivity contribution >= 4 is 11.9 Å². The molecule has 1 atom stereocenters. The molecule has 1 amide bonds. The summed E-state index contributed by atoms with van der Waals surface area (Å²) in [5.74, 6) is 0.599. The first-order chi connectivity index (χ1) is 8.97. The highest BCUT2D eigenvalue weighted by atomic mass is 16.2. The van der Waals surface area contributed by atoms with Gasteiger partial charge in [-0.2, -0.15) is 0 Å². The van der Waals surface area contributed by atoms with Gasteiger partial charge in [0.15, 0.2) is 0 Å². The van der Waals surface area contributed by atoms with Gasteiger partial charge in [0, 0.05) is 31.5 Å². The lowest BCUT2D eigenvalue weighted by molar-refractivity contribution is -0.126. The summed E-state index contributed by atoms with van der Waals surface area (Å²) >= 11 is 0. The van der Waals surface area contributed by atoms with Gasteiger partial charge in [0.25, 0.3) is 0 Å². The first-order valence-corrected chi connectivity index (χ1v) is 6.58. The van der Waals surface area contributed by atoms with Crippen LogP contribution in [0.3, 0.4) is 0 Å². The summed E-state index contributed by atoms with van der Waals surface area (Å²) in [6, 6.07) is 1.90. The minimum Gasteiger partial charge on any atom is -0.350 e. The fraction of sp³-hybridized carbons (Fsp3) is 0.615. The molecule has 1 aliphatic heterocycles. The zero-order valence-electron chi connectivity index (χ0n) is 11.5. The second-order valence-corrected chi connectivity index (χ2v) is 5.53. The number of hydrogen-bond acceptors (Lipinski definition) is 5. The summed E-state index contributed by atoms with van der Waals surface area (Å²) in [7, 11) is 0. The van der Waals surface area contributed by atoms with E-state index in [4.69, 9.17) is 5.73 Å². The maximum Gasteiger partial charge on any atom is 0.239 e. The second-order valence-electron chi connectivity index (χ2n) is 5.53. The second kappa shape index (κ2) is 5.52. The van der Waals surface area contributed by atoms with Crippen LogP contribution in [0.1, 0.15) is 26.7 Å². The van der Waals surface area contributed by atoms with E-state index in [0.717, 1.165) is 25.9 Å². The molecule has 0 aliphatic carbocycles. The Bertz CT molecular complexity index is 428. The Hall–Kier alpha value is -1.69. The smallest absolute Gasteiger partial charge is 0.239 e. The molecule has 1 saturated heterocycles. The number of nitrogens with one attached hydrogen (secondary N) is 1. The highest BCUT2D eigenvalue weighted by Gasteiger charge is 2.27. The molecule has 1 unspecified atom stereocenters. The third-order valence-corrected chi connectivity index (χ3v) is 3.18. The Morgan fingerprint density at radius 2 is 2.16 bits per heavy atom. The van der Waals surface area contributed by atoms with Gasteiger partial charge >= 0.3 is 0 Å². The predicted octanol–water partition coefficient (Wildman–Crippen LogP) is 0.299. The van der Waals surface area contributed by atoms with Gasteiger partial charge in [0.2, 0.25) is 11.9 Å². The SMILES string of the molecule is CC(C)(N)C(=O)NC1CCCN(c2ncccn2)C1. The van der Waals surface area contributed by atoms with Gasteiger partial charge in [0.05, 0.1) is 5.54 Å². The number of anilines is 1. The summed E-state index contributed by atoms with van der Waals surface area (Å²) in [5.41, 5.74) is 4.95. The van der Waals surface area contributed by atoms with Crippen molar-refractivity contribution in [3.63, 3.8) is 0 Å². The van der Waals surface area contributed by atoms with Crippen LogP contribution in [0.2, 0.25) is 0 Å². The van der Waals surface area contributed by atoms with E-state index in [2.05, 4.69) is 20.2 Å². The summed E-state index contributed by atoms with van der Waals surface area (Å²) in [5, 5.41) is 3.00. The summed E-state index contributed by atoms with van der Waals surface area (Å²) in [4.78, 5) is 22.5. The molecule has 6 heteroatoms. The largest absolute Gasteiger partial charge is 0.350 e. The van der Waals surface area contributed by atoms with Crippen molar-refractivity contribution in [2.24, 2.45) is 5.73 Å². The number of nitrogens with two attached hydrogens (primary N) is 1. The Balaban J connectivity index is 1.96. The van der Waals surface area contributed by atoms with Crippen molar-refractivity contribution in [1.29, 1.82) is 0 Å². The standard InChI is InChI=1S/C13H21N5O/c1-13(2,14)11(19)17-10-5-3-8-18(9-10)12-15-6-4-7-16-12/h4,6-7,10H,3,5,8-9,14H2,1-2H3,(H,17,19). The van der Waals surface area contributed by atoms with Crippen molar-refractivity contribution in [2.45, 2.75) is 38.3 Å². The number of piperidine rings is 1. The van der Waals surface area contributed by atoms with Gasteiger partial charge in [-0.1, -0.05) is 0 Å². The van der Waals surface area contributed by atoms with E-state index in [0.29, 0.717) is 5.95 Å². The number of hydrogen-bond donors (Lipinski definition) is 2. The normalized spacial score (nSPS) is 20.2. The molecule has 1 aliphatic rings. The third kappa shape index (κ3) is 3.64. The van der Waals surface area contributed by atoms with Crippen LogP contribution in [0.15, 0.2) is 18.5 Å². The fourth-order valence-corrected chi connectivity index (χ4v) is 2.10. The average Bonchev–Trinajstić information content (AvgIpc) is 2.39. The predicted molar refractivity (Wildman–Crippen MR) is 73.7 cm³/mol. The highest BCUT2D eigenvalue weighted by molar-refractivity contribution is 5.85. The van der Waals surface area contributed by atoms with E-state index in [1.807, 2.05) is 0 Å². The number of rotatable bonds is 3. The number of nitrogens with zero attached hydrogens (tertiary/aromatic N) is 3. The molecule has 0 spiro atoms. The molecule has 2 heterocycles. The van der Waals surface area contributed by atoms with Crippen LogP contribution < -0.4 is 16.0 Å². The molecule has 0 radical (unpaired) electrons. The molecule has 0 saturated carbocycles. The maximum atomic E-state index is 11.9. The van der Waals surface area contributed by atoms with E-state index >= 15 is 0 Å². The molecule has 1 aromatic heterocycles. The molecule has 6 nitrogen and oxygen atoms in total. The highest BCUT2D eigenvalue weighted by Crippen LogP contribution is 2.15. The molecule has 19 heavy (non-hydrogen) atoms. The zero-order chi connectivity index (χ0) is 13.9. The van der Waals surface area contributed by atoms with Crippen molar-refractivity contribution in [1.82, 2.24) is 15.3 Å². The molecular weight excluding hydrogens is 242 g/mol. The lowest BCUT2D eigenvalue weighted by Crippen LogP contribution is -2.56. The van der Waals surface area contributed by atoms with Gasteiger partial charge in [-0.25, -0.2) is 9.97 Å². The van der Waals surface area contributed by atoms with Crippen LogP contribution in [0.5, 0.6) is 0 Å².